The first-order chi connectivity index (χ1) is 11.9. The van der Waals surface area contributed by atoms with Crippen molar-refractivity contribution in [3.8, 4) is 5.75 Å². The maximum atomic E-state index is 12.2. The van der Waals surface area contributed by atoms with Gasteiger partial charge in [-0.2, -0.15) is 0 Å². The number of ether oxygens (including phenoxy) is 2. The van der Waals surface area contributed by atoms with Crippen LogP contribution in [0.3, 0.4) is 0 Å². The number of benzene rings is 1. The molecule has 1 aliphatic heterocycles. The maximum Gasteiger partial charge on any atom is 0.337 e. The lowest BCUT2D eigenvalue weighted by Crippen LogP contribution is -2.38. The number of nitrogens with zero attached hydrogens (tertiary/aromatic N) is 2. The Morgan fingerprint density at radius 2 is 2.00 bits per heavy atom. The van der Waals surface area contributed by atoms with Crippen molar-refractivity contribution in [1.29, 1.82) is 0 Å². The lowest BCUT2D eigenvalue weighted by Gasteiger charge is -2.17. The van der Waals surface area contributed by atoms with E-state index >= 15 is 0 Å². The smallest absolute Gasteiger partial charge is 0.337 e. The molecule has 0 spiro atoms. The Morgan fingerprint density at radius 3 is 2.76 bits per heavy atom. The molecule has 0 radical (unpaired) electrons. The predicted molar refractivity (Wildman–Crippen MR) is 91.6 cm³/mol. The van der Waals surface area contributed by atoms with Crippen LogP contribution in [0.4, 0.5) is 0 Å². The molecule has 8 heteroatoms. The molecule has 1 aliphatic rings. The summed E-state index contributed by atoms with van der Waals surface area (Å²) in [6, 6.07) is 6.38. The highest BCUT2D eigenvalue weighted by atomic mass is 35.5. The van der Waals surface area contributed by atoms with E-state index < -0.39 is 17.2 Å². The number of carbonyl (C=O) groups is 1. The van der Waals surface area contributed by atoms with Gasteiger partial charge in [0, 0.05) is 30.7 Å². The number of halogens is 1. The van der Waals surface area contributed by atoms with E-state index in [2.05, 4.69) is 0 Å². The summed E-state index contributed by atoms with van der Waals surface area (Å²) in [5.74, 6) is 0.0497. The molecule has 0 amide bonds. The lowest BCUT2D eigenvalue weighted by atomic mass is 10.1. The Morgan fingerprint density at radius 1 is 1.24 bits per heavy atom. The first kappa shape index (κ1) is 17.0. The first-order valence-corrected chi connectivity index (χ1v) is 7.80. The van der Waals surface area contributed by atoms with E-state index in [9.17, 15) is 14.4 Å². The summed E-state index contributed by atoms with van der Waals surface area (Å²) in [7, 11) is 2.89. The molecule has 3 rings (SSSR count). The van der Waals surface area contributed by atoms with Crippen molar-refractivity contribution in [2.24, 2.45) is 14.1 Å². The zero-order valence-electron chi connectivity index (χ0n) is 13.6. The Bertz CT molecular complexity index is 1000. The highest BCUT2D eigenvalue weighted by Crippen LogP contribution is 2.29. The van der Waals surface area contributed by atoms with E-state index in [-0.39, 0.29) is 13.2 Å². The van der Waals surface area contributed by atoms with E-state index in [1.807, 2.05) is 0 Å². The third kappa shape index (κ3) is 3.36. The summed E-state index contributed by atoms with van der Waals surface area (Å²) in [6.45, 7) is -0.122. The monoisotopic (exact) mass is 362 g/mol. The summed E-state index contributed by atoms with van der Waals surface area (Å²) in [4.78, 5) is 35.8. The van der Waals surface area contributed by atoms with Crippen LogP contribution in [0, 0.1) is 0 Å². The fraction of sp³-hybridized carbons (Fsp3) is 0.235. The second-order valence-corrected chi connectivity index (χ2v) is 6.03. The number of hydrogen-bond acceptors (Lipinski definition) is 5. The molecule has 1 aromatic carbocycles. The van der Waals surface area contributed by atoms with Crippen molar-refractivity contribution in [3.63, 3.8) is 0 Å². The normalized spacial score (nSPS) is 12.8. The largest absolute Gasteiger partial charge is 0.488 e. The molecule has 0 saturated heterocycles. The van der Waals surface area contributed by atoms with Crippen LogP contribution >= 0.6 is 11.6 Å². The van der Waals surface area contributed by atoms with E-state index in [4.69, 9.17) is 21.1 Å². The van der Waals surface area contributed by atoms with Crippen molar-refractivity contribution in [3.05, 3.63) is 67.0 Å². The van der Waals surface area contributed by atoms with Crippen LogP contribution in [0.25, 0.3) is 6.08 Å². The van der Waals surface area contributed by atoms with Gasteiger partial charge in [-0.1, -0.05) is 11.6 Å². The van der Waals surface area contributed by atoms with Crippen LogP contribution in [-0.2, 0) is 30.2 Å². The third-order valence-electron chi connectivity index (χ3n) is 3.92. The molecule has 0 aliphatic carbocycles. The Hall–Kier alpha value is -2.80. The van der Waals surface area contributed by atoms with Gasteiger partial charge < -0.3 is 9.47 Å². The van der Waals surface area contributed by atoms with Crippen molar-refractivity contribution in [2.75, 3.05) is 6.61 Å². The van der Waals surface area contributed by atoms with Gasteiger partial charge >= 0.3 is 11.7 Å². The molecule has 2 aromatic rings. The summed E-state index contributed by atoms with van der Waals surface area (Å²) in [6.07, 6.45) is 1.65. The molecule has 0 N–H and O–H groups in total. The van der Waals surface area contributed by atoms with Gasteiger partial charge in [0.2, 0.25) is 0 Å². The van der Waals surface area contributed by atoms with Crippen molar-refractivity contribution < 1.29 is 14.3 Å². The van der Waals surface area contributed by atoms with Crippen molar-refractivity contribution in [2.45, 2.75) is 6.61 Å². The number of hydrogen-bond donors (Lipinski definition) is 0. The minimum absolute atomic E-state index is 0.0724. The average Bonchev–Trinajstić information content (AvgIpc) is 2.60. The van der Waals surface area contributed by atoms with Gasteiger partial charge in [-0.3, -0.25) is 13.9 Å². The van der Waals surface area contributed by atoms with Crippen LogP contribution in [-0.4, -0.2) is 21.7 Å². The zero-order valence-corrected chi connectivity index (χ0v) is 14.4. The fourth-order valence-electron chi connectivity index (χ4n) is 2.42. The zero-order chi connectivity index (χ0) is 18.1. The minimum Gasteiger partial charge on any atom is -0.488 e. The second-order valence-electron chi connectivity index (χ2n) is 5.59. The molecule has 0 bridgehead atoms. The summed E-state index contributed by atoms with van der Waals surface area (Å²) in [5.41, 5.74) is 0.373. The van der Waals surface area contributed by atoms with Crippen LogP contribution in [0.15, 0.2) is 39.4 Å². The predicted octanol–water partition coefficient (Wildman–Crippen LogP) is 1.26. The Labute approximate surface area is 147 Å². The summed E-state index contributed by atoms with van der Waals surface area (Å²) in [5, 5.41) is 0.531. The SMILES string of the molecule is Cn1c(COC(=O)C2=Cc3cc(Cl)ccc3OC2)cc(=O)n(C)c1=O. The molecular weight excluding hydrogens is 348 g/mol. The average molecular weight is 363 g/mol. The van der Waals surface area contributed by atoms with Crippen molar-refractivity contribution in [1.82, 2.24) is 9.13 Å². The number of esters is 1. The van der Waals surface area contributed by atoms with E-state index in [0.29, 0.717) is 27.6 Å². The quantitative estimate of drug-likeness (QED) is 0.768. The lowest BCUT2D eigenvalue weighted by molar-refractivity contribution is -0.140. The molecule has 1 aromatic heterocycles. The number of fused-ring (bicyclic) bond motifs is 1. The van der Waals surface area contributed by atoms with E-state index in [1.54, 1.807) is 24.3 Å². The second kappa shape index (κ2) is 6.60. The fourth-order valence-corrected chi connectivity index (χ4v) is 2.60. The standard InChI is InChI=1S/C17H15ClN2O5/c1-19-13(7-15(21)20(2)17(19)23)9-25-16(22)11-5-10-6-12(18)3-4-14(10)24-8-11/h3-7H,8-9H2,1-2H3. The molecule has 0 atom stereocenters. The first-order valence-electron chi connectivity index (χ1n) is 7.43. The van der Waals surface area contributed by atoms with Gasteiger partial charge in [0.25, 0.3) is 5.56 Å². The molecule has 0 unspecified atom stereocenters. The molecule has 130 valence electrons. The van der Waals surface area contributed by atoms with Crippen LogP contribution in [0.1, 0.15) is 11.3 Å². The topological polar surface area (TPSA) is 79.5 Å². The van der Waals surface area contributed by atoms with E-state index in [1.165, 1.54) is 24.7 Å². The minimum atomic E-state index is -0.584. The molecule has 2 heterocycles. The molecule has 0 saturated carbocycles. The highest BCUT2D eigenvalue weighted by molar-refractivity contribution is 6.30. The van der Waals surface area contributed by atoms with Gasteiger partial charge in [0.05, 0.1) is 11.3 Å². The molecule has 0 fully saturated rings. The summed E-state index contributed by atoms with van der Waals surface area (Å²) < 4.78 is 13.0. The highest BCUT2D eigenvalue weighted by Gasteiger charge is 2.19. The number of carbonyl (C=O) groups excluding carboxylic acids is 1. The van der Waals surface area contributed by atoms with Crippen LogP contribution < -0.4 is 16.0 Å². The van der Waals surface area contributed by atoms with Gasteiger partial charge in [-0.25, -0.2) is 9.59 Å². The maximum absolute atomic E-state index is 12.2. The third-order valence-corrected chi connectivity index (χ3v) is 4.16. The van der Waals surface area contributed by atoms with Crippen molar-refractivity contribution >= 4 is 23.6 Å². The molecule has 25 heavy (non-hydrogen) atoms. The van der Waals surface area contributed by atoms with Gasteiger partial charge in [-0.05, 0) is 24.3 Å². The van der Waals surface area contributed by atoms with Crippen LogP contribution in [0.5, 0.6) is 5.75 Å². The summed E-state index contributed by atoms with van der Waals surface area (Å²) >= 11 is 5.94. The van der Waals surface area contributed by atoms with Gasteiger partial charge in [-0.15, -0.1) is 0 Å². The Balaban J connectivity index is 1.78. The molecule has 7 nitrogen and oxygen atoms in total. The van der Waals surface area contributed by atoms with Crippen LogP contribution in [0.2, 0.25) is 5.02 Å². The van der Waals surface area contributed by atoms with E-state index in [0.717, 1.165) is 4.57 Å². The van der Waals surface area contributed by atoms with Gasteiger partial charge in [0.1, 0.15) is 19.0 Å². The van der Waals surface area contributed by atoms with Gasteiger partial charge in [0.15, 0.2) is 0 Å². The number of rotatable bonds is 3. The molecular formula is C17H15ClN2O5. The number of aromatic nitrogens is 2. The Kier molecular flexibility index (Phi) is 4.50.